The maximum absolute atomic E-state index is 10.8. The zero-order chi connectivity index (χ0) is 12.4. The number of rotatable bonds is 6. The number of guanidine groups is 1. The third-order valence-corrected chi connectivity index (χ3v) is 2.18. The highest BCUT2D eigenvalue weighted by Gasteiger charge is 1.98. The number of sulfonamides is 1. The molecule has 0 unspecified atom stereocenters. The molecule has 0 atom stereocenters. The summed E-state index contributed by atoms with van der Waals surface area (Å²) in [6.45, 7) is 3.65. The van der Waals surface area contributed by atoms with Crippen LogP contribution in [0.25, 0.3) is 0 Å². The predicted octanol–water partition coefficient (Wildman–Crippen LogP) is -1.28. The fourth-order valence-electron chi connectivity index (χ4n) is 0.875. The van der Waals surface area contributed by atoms with E-state index in [2.05, 4.69) is 26.3 Å². The van der Waals surface area contributed by atoms with Gasteiger partial charge in [-0.2, -0.15) is 0 Å². The minimum absolute atomic E-state index is 0.269. The van der Waals surface area contributed by atoms with Crippen molar-refractivity contribution in [3.8, 4) is 12.3 Å². The molecule has 0 amide bonds. The maximum atomic E-state index is 10.8. The quantitative estimate of drug-likeness (QED) is 0.236. The number of nitrogens with one attached hydrogen (secondary N) is 3. The van der Waals surface area contributed by atoms with E-state index in [0.717, 1.165) is 12.8 Å². The zero-order valence-electron chi connectivity index (χ0n) is 9.58. The van der Waals surface area contributed by atoms with Crippen molar-refractivity contribution in [3.05, 3.63) is 0 Å². The van der Waals surface area contributed by atoms with Crippen LogP contribution >= 0.6 is 0 Å². The Balaban J connectivity index is 3.99. The molecule has 0 aromatic rings. The van der Waals surface area contributed by atoms with E-state index in [9.17, 15) is 8.42 Å². The number of hydrogen-bond acceptors (Lipinski definition) is 3. The lowest BCUT2D eigenvalue weighted by Crippen LogP contribution is -2.38. The highest BCUT2D eigenvalue weighted by molar-refractivity contribution is 7.88. The third-order valence-electron chi connectivity index (χ3n) is 1.45. The molecule has 0 radical (unpaired) electrons. The van der Waals surface area contributed by atoms with Crippen LogP contribution in [0, 0.1) is 12.3 Å². The molecule has 0 spiro atoms. The first-order chi connectivity index (χ1) is 7.49. The second kappa shape index (κ2) is 7.96. The molecular formula is C9H18N4O2S. The van der Waals surface area contributed by atoms with Gasteiger partial charge in [0.1, 0.15) is 0 Å². The normalized spacial score (nSPS) is 11.9. The highest BCUT2D eigenvalue weighted by atomic mass is 32.2. The summed E-state index contributed by atoms with van der Waals surface area (Å²) in [6.07, 6.45) is 6.21. The van der Waals surface area contributed by atoms with Gasteiger partial charge in [0.05, 0.1) is 19.3 Å². The Morgan fingerprint density at radius 2 is 2.12 bits per heavy atom. The minimum atomic E-state index is -3.14. The molecule has 0 aromatic heterocycles. The molecule has 0 saturated carbocycles. The molecule has 92 valence electrons. The monoisotopic (exact) mass is 246 g/mol. The summed E-state index contributed by atoms with van der Waals surface area (Å²) < 4.78 is 23.9. The fourth-order valence-corrected chi connectivity index (χ4v) is 1.34. The smallest absolute Gasteiger partial charge is 0.208 e. The molecule has 0 aliphatic rings. The van der Waals surface area contributed by atoms with Gasteiger partial charge in [-0.25, -0.2) is 13.1 Å². The van der Waals surface area contributed by atoms with Gasteiger partial charge in [0.25, 0.3) is 0 Å². The van der Waals surface area contributed by atoms with Crippen LogP contribution in [0.15, 0.2) is 4.99 Å². The van der Waals surface area contributed by atoms with Gasteiger partial charge in [-0.15, -0.1) is 6.42 Å². The molecule has 0 aromatic carbocycles. The lowest BCUT2D eigenvalue weighted by Gasteiger charge is -2.08. The van der Waals surface area contributed by atoms with Gasteiger partial charge >= 0.3 is 0 Å². The Bertz CT molecular complexity index is 356. The van der Waals surface area contributed by atoms with Crippen molar-refractivity contribution in [1.82, 2.24) is 15.4 Å². The van der Waals surface area contributed by atoms with Crippen LogP contribution in [0.2, 0.25) is 0 Å². The molecule has 0 aliphatic heterocycles. The average Bonchev–Trinajstić information content (AvgIpc) is 2.19. The summed E-state index contributed by atoms with van der Waals surface area (Å²) in [7, 11) is -3.14. The third kappa shape index (κ3) is 9.30. The number of nitrogens with zero attached hydrogens (tertiary/aromatic N) is 1. The van der Waals surface area contributed by atoms with Crippen molar-refractivity contribution in [3.63, 3.8) is 0 Å². The van der Waals surface area contributed by atoms with Crippen LogP contribution < -0.4 is 15.4 Å². The summed E-state index contributed by atoms with van der Waals surface area (Å²) in [5.41, 5.74) is 0. The Kier molecular flexibility index (Phi) is 7.33. The van der Waals surface area contributed by atoms with Crippen LogP contribution in [-0.4, -0.2) is 46.8 Å². The molecule has 0 bridgehead atoms. The van der Waals surface area contributed by atoms with Gasteiger partial charge < -0.3 is 10.6 Å². The van der Waals surface area contributed by atoms with Gasteiger partial charge in [0.2, 0.25) is 10.0 Å². The summed E-state index contributed by atoms with van der Waals surface area (Å²) >= 11 is 0. The van der Waals surface area contributed by atoms with Gasteiger partial charge in [-0.1, -0.05) is 5.92 Å². The summed E-state index contributed by atoms with van der Waals surface area (Å²) in [5, 5.41) is 5.87. The van der Waals surface area contributed by atoms with E-state index >= 15 is 0 Å². The van der Waals surface area contributed by atoms with E-state index in [4.69, 9.17) is 6.42 Å². The first-order valence-corrected chi connectivity index (χ1v) is 6.79. The van der Waals surface area contributed by atoms with Crippen molar-refractivity contribution in [2.24, 2.45) is 4.99 Å². The number of aliphatic imine (C=N–C) groups is 1. The summed E-state index contributed by atoms with van der Waals surface area (Å²) in [5.74, 6) is 3.01. The number of terminal acetylenes is 1. The second-order valence-electron chi connectivity index (χ2n) is 2.98. The Hall–Kier alpha value is -1.26. The van der Waals surface area contributed by atoms with Crippen LogP contribution in [0.5, 0.6) is 0 Å². The molecular weight excluding hydrogens is 228 g/mol. The molecule has 0 fully saturated rings. The van der Waals surface area contributed by atoms with Crippen LogP contribution in [-0.2, 0) is 10.0 Å². The first kappa shape index (κ1) is 14.7. The van der Waals surface area contributed by atoms with E-state index in [1.165, 1.54) is 0 Å². The molecule has 7 heteroatoms. The predicted molar refractivity (Wildman–Crippen MR) is 65.7 cm³/mol. The molecule has 6 nitrogen and oxygen atoms in total. The lowest BCUT2D eigenvalue weighted by molar-refractivity contribution is 0.588. The van der Waals surface area contributed by atoms with Crippen LogP contribution in [0.4, 0.5) is 0 Å². The van der Waals surface area contributed by atoms with E-state index in [1.54, 1.807) is 0 Å². The highest BCUT2D eigenvalue weighted by Crippen LogP contribution is 1.76. The summed E-state index contributed by atoms with van der Waals surface area (Å²) in [4.78, 5) is 4.13. The van der Waals surface area contributed by atoms with Gasteiger partial charge in [-0.3, -0.25) is 4.99 Å². The molecule has 0 heterocycles. The first-order valence-electron chi connectivity index (χ1n) is 4.90. The van der Waals surface area contributed by atoms with Crippen molar-refractivity contribution in [2.75, 3.05) is 32.4 Å². The second-order valence-corrected chi connectivity index (χ2v) is 4.82. The SMILES string of the molecule is C#CCNC(=NCCNS(C)(=O)=O)NCC. The minimum Gasteiger partial charge on any atom is -0.357 e. The van der Waals surface area contributed by atoms with E-state index in [0.29, 0.717) is 19.0 Å². The largest absolute Gasteiger partial charge is 0.357 e. The number of hydrogen-bond donors (Lipinski definition) is 3. The van der Waals surface area contributed by atoms with E-state index in [1.807, 2.05) is 6.92 Å². The van der Waals surface area contributed by atoms with Crippen molar-refractivity contribution in [2.45, 2.75) is 6.92 Å². The van der Waals surface area contributed by atoms with Crippen LogP contribution in [0.1, 0.15) is 6.92 Å². The molecule has 0 aliphatic carbocycles. The lowest BCUT2D eigenvalue weighted by atomic mass is 10.6. The Labute approximate surface area is 97.0 Å². The van der Waals surface area contributed by atoms with Gasteiger partial charge in [0.15, 0.2) is 5.96 Å². The Morgan fingerprint density at radius 3 is 2.62 bits per heavy atom. The average molecular weight is 246 g/mol. The molecule has 3 N–H and O–H groups in total. The molecule has 16 heavy (non-hydrogen) atoms. The molecule has 0 rings (SSSR count). The standard InChI is InChI=1S/C9H18N4O2S/c1-4-6-11-9(10-5-2)12-7-8-13-16(3,14)15/h1,13H,5-8H2,2-3H3,(H2,10,11,12). The van der Waals surface area contributed by atoms with Gasteiger partial charge in [-0.05, 0) is 6.92 Å². The fraction of sp³-hybridized carbons (Fsp3) is 0.667. The molecule has 0 saturated heterocycles. The maximum Gasteiger partial charge on any atom is 0.208 e. The zero-order valence-corrected chi connectivity index (χ0v) is 10.4. The van der Waals surface area contributed by atoms with E-state index in [-0.39, 0.29) is 6.54 Å². The summed E-state index contributed by atoms with van der Waals surface area (Å²) in [6, 6.07) is 0. The van der Waals surface area contributed by atoms with Crippen molar-refractivity contribution in [1.29, 1.82) is 0 Å². The van der Waals surface area contributed by atoms with Crippen molar-refractivity contribution < 1.29 is 8.42 Å². The topological polar surface area (TPSA) is 82.6 Å². The van der Waals surface area contributed by atoms with E-state index < -0.39 is 10.0 Å². The van der Waals surface area contributed by atoms with Crippen LogP contribution in [0.3, 0.4) is 0 Å². The van der Waals surface area contributed by atoms with Gasteiger partial charge in [0, 0.05) is 13.1 Å². The van der Waals surface area contributed by atoms with Crippen molar-refractivity contribution >= 4 is 16.0 Å². The Morgan fingerprint density at radius 1 is 1.44 bits per heavy atom.